The van der Waals surface area contributed by atoms with Crippen molar-refractivity contribution in [2.45, 2.75) is 0 Å². The Morgan fingerprint density at radius 3 is 2.12 bits per heavy atom. The highest BCUT2D eigenvalue weighted by Gasteiger charge is 2.21. The number of ether oxygens (including phenoxy) is 3. The number of nitrogens with one attached hydrogen (secondary N) is 1. The van der Waals surface area contributed by atoms with E-state index < -0.39 is 4.92 Å². The summed E-state index contributed by atoms with van der Waals surface area (Å²) in [7, 11) is 4.68. The van der Waals surface area contributed by atoms with E-state index in [-0.39, 0.29) is 5.69 Å². The van der Waals surface area contributed by atoms with Gasteiger partial charge in [-0.15, -0.1) is 0 Å². The minimum Gasteiger partial charge on any atom is -0.497 e. The monoisotopic (exact) mass is 431 g/mol. The molecule has 32 heavy (non-hydrogen) atoms. The topological polar surface area (TPSA) is 99.5 Å². The Labute approximate surface area is 184 Å². The highest BCUT2D eigenvalue weighted by Crippen LogP contribution is 2.40. The van der Waals surface area contributed by atoms with Crippen molar-refractivity contribution in [3.05, 3.63) is 76.8 Å². The molecule has 0 fully saturated rings. The number of nitro groups is 1. The van der Waals surface area contributed by atoms with Gasteiger partial charge < -0.3 is 19.2 Å². The number of hydrogen-bond donors (Lipinski definition) is 1. The molecule has 0 amide bonds. The standard InChI is InChI=1S/C24H21N3O5/c1-30-18-11-16(12-19(14-18)31-2)24-25-22(15-7-5-4-6-8-15)23(26-24)20-13-17(27(28)29)9-10-21(20)32-3/h4-14H,1-3H3,(H,25,26). The van der Waals surface area contributed by atoms with Gasteiger partial charge in [0.25, 0.3) is 5.69 Å². The third-order valence-corrected chi connectivity index (χ3v) is 5.04. The molecule has 1 heterocycles. The number of aromatic amines is 1. The molecule has 0 aliphatic carbocycles. The summed E-state index contributed by atoms with van der Waals surface area (Å²) in [6.45, 7) is 0. The minimum absolute atomic E-state index is 0.0426. The number of imidazole rings is 1. The maximum absolute atomic E-state index is 11.4. The average molecular weight is 431 g/mol. The molecule has 8 heteroatoms. The van der Waals surface area contributed by atoms with E-state index in [4.69, 9.17) is 19.2 Å². The van der Waals surface area contributed by atoms with Gasteiger partial charge in [0.2, 0.25) is 0 Å². The molecule has 0 aliphatic heterocycles. The maximum Gasteiger partial charge on any atom is 0.270 e. The normalized spacial score (nSPS) is 10.6. The van der Waals surface area contributed by atoms with Crippen molar-refractivity contribution in [2.75, 3.05) is 21.3 Å². The third kappa shape index (κ3) is 3.98. The van der Waals surface area contributed by atoms with Gasteiger partial charge in [-0.3, -0.25) is 10.1 Å². The lowest BCUT2D eigenvalue weighted by Crippen LogP contribution is -1.94. The second-order valence-electron chi connectivity index (χ2n) is 6.92. The lowest BCUT2D eigenvalue weighted by atomic mass is 10.0. The fourth-order valence-corrected chi connectivity index (χ4v) is 3.46. The van der Waals surface area contributed by atoms with Crippen molar-refractivity contribution in [3.63, 3.8) is 0 Å². The highest BCUT2D eigenvalue weighted by molar-refractivity contribution is 5.85. The van der Waals surface area contributed by atoms with Crippen molar-refractivity contribution in [2.24, 2.45) is 0 Å². The molecule has 0 radical (unpaired) electrons. The maximum atomic E-state index is 11.4. The Balaban J connectivity index is 1.97. The van der Waals surface area contributed by atoms with E-state index in [9.17, 15) is 10.1 Å². The van der Waals surface area contributed by atoms with Crippen LogP contribution in [0.2, 0.25) is 0 Å². The fraction of sp³-hybridized carbons (Fsp3) is 0.125. The summed E-state index contributed by atoms with van der Waals surface area (Å²) in [5.41, 5.74) is 3.34. The van der Waals surface area contributed by atoms with Crippen LogP contribution < -0.4 is 14.2 Å². The first-order chi connectivity index (χ1) is 15.5. The molecule has 4 rings (SSSR count). The van der Waals surface area contributed by atoms with Gasteiger partial charge in [0.1, 0.15) is 23.1 Å². The first-order valence-corrected chi connectivity index (χ1v) is 9.75. The number of aromatic nitrogens is 2. The van der Waals surface area contributed by atoms with Gasteiger partial charge >= 0.3 is 0 Å². The number of non-ortho nitro benzene ring substituents is 1. The van der Waals surface area contributed by atoms with Crippen molar-refractivity contribution < 1.29 is 19.1 Å². The van der Waals surface area contributed by atoms with E-state index in [2.05, 4.69) is 4.98 Å². The zero-order valence-electron chi connectivity index (χ0n) is 17.8. The van der Waals surface area contributed by atoms with Gasteiger partial charge in [-0.05, 0) is 18.2 Å². The number of nitrogens with zero attached hydrogens (tertiary/aromatic N) is 2. The van der Waals surface area contributed by atoms with E-state index in [1.807, 2.05) is 42.5 Å². The summed E-state index contributed by atoms with van der Waals surface area (Å²) >= 11 is 0. The van der Waals surface area contributed by atoms with Crippen LogP contribution in [0.1, 0.15) is 0 Å². The van der Waals surface area contributed by atoms with E-state index in [0.29, 0.717) is 40.0 Å². The van der Waals surface area contributed by atoms with Crippen molar-refractivity contribution >= 4 is 5.69 Å². The molecular formula is C24H21N3O5. The molecule has 8 nitrogen and oxygen atoms in total. The largest absolute Gasteiger partial charge is 0.497 e. The van der Waals surface area contributed by atoms with Gasteiger partial charge in [-0.1, -0.05) is 30.3 Å². The Morgan fingerprint density at radius 2 is 1.53 bits per heavy atom. The zero-order chi connectivity index (χ0) is 22.7. The second kappa shape index (κ2) is 8.81. The summed E-state index contributed by atoms with van der Waals surface area (Å²) in [6, 6.07) is 19.5. The fourth-order valence-electron chi connectivity index (χ4n) is 3.46. The van der Waals surface area contributed by atoms with Gasteiger partial charge in [0, 0.05) is 34.9 Å². The average Bonchev–Trinajstić information content (AvgIpc) is 3.29. The molecule has 0 spiro atoms. The summed E-state index contributed by atoms with van der Waals surface area (Å²) < 4.78 is 16.3. The molecule has 0 bridgehead atoms. The Kier molecular flexibility index (Phi) is 5.76. The van der Waals surface area contributed by atoms with Crippen LogP contribution in [0, 0.1) is 10.1 Å². The van der Waals surface area contributed by atoms with Crippen LogP contribution in [0.5, 0.6) is 17.2 Å². The SMILES string of the molecule is COc1cc(OC)cc(-c2nc(-c3ccccc3)c(-c3cc([N+](=O)[O-])ccc3OC)[nH]2)c1. The predicted molar refractivity (Wildman–Crippen MR) is 121 cm³/mol. The molecular weight excluding hydrogens is 410 g/mol. The van der Waals surface area contributed by atoms with Crippen molar-refractivity contribution in [1.82, 2.24) is 9.97 Å². The van der Waals surface area contributed by atoms with Gasteiger partial charge in [0.15, 0.2) is 0 Å². The van der Waals surface area contributed by atoms with Gasteiger partial charge in [0.05, 0.1) is 37.6 Å². The molecule has 1 N–H and O–H groups in total. The summed E-state index contributed by atoms with van der Waals surface area (Å²) in [6.07, 6.45) is 0. The van der Waals surface area contributed by atoms with Crippen molar-refractivity contribution in [1.29, 1.82) is 0 Å². The zero-order valence-corrected chi connectivity index (χ0v) is 17.8. The Hall–Kier alpha value is -4.33. The molecule has 0 atom stereocenters. The van der Waals surface area contributed by atoms with Crippen LogP contribution in [-0.2, 0) is 0 Å². The number of methoxy groups -OCH3 is 3. The lowest BCUT2D eigenvalue weighted by Gasteiger charge is -2.09. The van der Waals surface area contributed by atoms with E-state index in [1.165, 1.54) is 19.2 Å². The van der Waals surface area contributed by atoms with Crippen LogP contribution in [0.3, 0.4) is 0 Å². The quantitative estimate of drug-likeness (QED) is 0.313. The van der Waals surface area contributed by atoms with Crippen molar-refractivity contribution in [3.8, 4) is 51.2 Å². The van der Waals surface area contributed by atoms with Crippen LogP contribution in [0.15, 0.2) is 66.7 Å². The van der Waals surface area contributed by atoms with E-state index in [0.717, 1.165) is 11.1 Å². The van der Waals surface area contributed by atoms with E-state index in [1.54, 1.807) is 26.4 Å². The molecule has 162 valence electrons. The molecule has 0 aliphatic rings. The third-order valence-electron chi connectivity index (χ3n) is 5.04. The summed E-state index contributed by atoms with van der Waals surface area (Å²) in [4.78, 5) is 19.1. The molecule has 0 saturated carbocycles. The van der Waals surface area contributed by atoms with Crippen LogP contribution in [0.4, 0.5) is 5.69 Å². The number of benzene rings is 3. The molecule has 0 saturated heterocycles. The number of nitro benzene ring substituents is 1. The first-order valence-electron chi connectivity index (χ1n) is 9.75. The Morgan fingerprint density at radius 1 is 0.844 bits per heavy atom. The number of hydrogen-bond acceptors (Lipinski definition) is 6. The van der Waals surface area contributed by atoms with Gasteiger partial charge in [-0.2, -0.15) is 0 Å². The van der Waals surface area contributed by atoms with Crippen LogP contribution >= 0.6 is 0 Å². The smallest absolute Gasteiger partial charge is 0.270 e. The van der Waals surface area contributed by atoms with Crippen LogP contribution in [-0.4, -0.2) is 36.2 Å². The second-order valence-corrected chi connectivity index (χ2v) is 6.92. The molecule has 4 aromatic rings. The number of H-pyrrole nitrogens is 1. The minimum atomic E-state index is -0.435. The number of rotatable bonds is 7. The first kappa shape index (κ1) is 20.9. The highest BCUT2D eigenvalue weighted by atomic mass is 16.6. The van der Waals surface area contributed by atoms with Crippen LogP contribution in [0.25, 0.3) is 33.9 Å². The lowest BCUT2D eigenvalue weighted by molar-refractivity contribution is -0.384. The molecule has 3 aromatic carbocycles. The summed E-state index contributed by atoms with van der Waals surface area (Å²) in [5.74, 6) is 2.29. The summed E-state index contributed by atoms with van der Waals surface area (Å²) in [5, 5.41) is 11.4. The van der Waals surface area contributed by atoms with E-state index >= 15 is 0 Å². The Bertz CT molecular complexity index is 1250. The van der Waals surface area contributed by atoms with Gasteiger partial charge in [-0.25, -0.2) is 4.98 Å². The predicted octanol–water partition coefficient (Wildman–Crippen LogP) is 5.34. The molecule has 0 unspecified atom stereocenters. The molecule has 1 aromatic heterocycles.